The lowest BCUT2D eigenvalue weighted by Gasteiger charge is -2.22. The van der Waals surface area contributed by atoms with E-state index in [1.807, 2.05) is 0 Å². The summed E-state index contributed by atoms with van der Waals surface area (Å²) in [6.07, 6.45) is -2.30. The van der Waals surface area contributed by atoms with Gasteiger partial charge in [-0.1, -0.05) is 0 Å². The van der Waals surface area contributed by atoms with E-state index in [0.29, 0.717) is 0 Å². The van der Waals surface area contributed by atoms with Crippen molar-refractivity contribution in [2.75, 3.05) is 13.7 Å². The maximum Gasteiger partial charge on any atom is 0.256 e. The van der Waals surface area contributed by atoms with Crippen molar-refractivity contribution in [1.29, 1.82) is 0 Å². The Morgan fingerprint density at radius 1 is 1.60 bits per heavy atom. The molecule has 0 rings (SSSR count). The summed E-state index contributed by atoms with van der Waals surface area (Å²) < 4.78 is 28.5. The molecule has 0 aromatic heterocycles. The number of hydrogen-bond donors (Lipinski definition) is 1. The van der Waals surface area contributed by atoms with Gasteiger partial charge in [0.05, 0.1) is 5.54 Å². The highest BCUT2D eigenvalue weighted by Crippen LogP contribution is 2.15. The van der Waals surface area contributed by atoms with E-state index in [-0.39, 0.29) is 13.0 Å². The Kier molecular flexibility index (Phi) is 3.75. The third-order valence-corrected chi connectivity index (χ3v) is 1.34. The lowest BCUT2D eigenvalue weighted by atomic mass is 10.0. The molecule has 2 nitrogen and oxygen atoms in total. The highest BCUT2D eigenvalue weighted by molar-refractivity contribution is 4.80. The molecule has 0 fully saturated rings. The van der Waals surface area contributed by atoms with Gasteiger partial charge in [0, 0.05) is 13.7 Å². The first-order chi connectivity index (χ1) is 4.50. The van der Waals surface area contributed by atoms with E-state index in [4.69, 9.17) is 5.73 Å². The quantitative estimate of drug-likeness (QED) is 0.654. The van der Waals surface area contributed by atoms with Gasteiger partial charge >= 0.3 is 0 Å². The van der Waals surface area contributed by atoms with Gasteiger partial charge in [-0.25, -0.2) is 8.78 Å². The van der Waals surface area contributed by atoms with Gasteiger partial charge in [0.25, 0.3) is 6.43 Å². The van der Waals surface area contributed by atoms with Gasteiger partial charge in [-0.15, -0.1) is 0 Å². The van der Waals surface area contributed by atoms with Crippen LogP contribution in [-0.2, 0) is 4.74 Å². The van der Waals surface area contributed by atoms with E-state index < -0.39 is 12.0 Å². The molecular weight excluding hydrogens is 140 g/mol. The monoisotopic (exact) mass is 153 g/mol. The zero-order valence-corrected chi connectivity index (χ0v) is 6.23. The first kappa shape index (κ1) is 9.78. The van der Waals surface area contributed by atoms with E-state index in [0.717, 1.165) is 0 Å². The lowest BCUT2D eigenvalue weighted by molar-refractivity contribution is 0.0421. The Hall–Kier alpha value is -0.220. The van der Waals surface area contributed by atoms with Crippen LogP contribution >= 0.6 is 0 Å². The summed E-state index contributed by atoms with van der Waals surface area (Å²) in [6, 6.07) is 0. The number of ether oxygens (including phenoxy) is 1. The maximum absolute atomic E-state index is 12.0. The second kappa shape index (κ2) is 3.83. The van der Waals surface area contributed by atoms with Crippen molar-refractivity contribution >= 4 is 0 Å². The fraction of sp³-hybridized carbons (Fsp3) is 1.00. The predicted octanol–water partition coefficient (Wildman–Crippen LogP) is 1.01. The van der Waals surface area contributed by atoms with Gasteiger partial charge in [-0.2, -0.15) is 0 Å². The summed E-state index contributed by atoms with van der Waals surface area (Å²) in [6.45, 7) is 1.59. The number of hydrogen-bond acceptors (Lipinski definition) is 2. The molecule has 1 atom stereocenters. The van der Waals surface area contributed by atoms with Crippen molar-refractivity contribution in [3.05, 3.63) is 0 Å². The Morgan fingerprint density at radius 2 is 2.10 bits per heavy atom. The zero-order valence-electron chi connectivity index (χ0n) is 6.23. The first-order valence-corrected chi connectivity index (χ1v) is 3.06. The molecule has 0 spiro atoms. The van der Waals surface area contributed by atoms with Crippen molar-refractivity contribution < 1.29 is 13.5 Å². The predicted molar refractivity (Wildman–Crippen MR) is 35.1 cm³/mol. The number of nitrogens with two attached hydrogens (primary N) is 1. The summed E-state index contributed by atoms with van der Waals surface area (Å²) in [4.78, 5) is 0. The molecular formula is C6H13F2NO. The average Bonchev–Trinajstić information content (AvgIpc) is 1.84. The van der Waals surface area contributed by atoms with Crippen molar-refractivity contribution in [3.63, 3.8) is 0 Å². The third-order valence-electron chi connectivity index (χ3n) is 1.34. The molecule has 0 heterocycles. The molecule has 62 valence electrons. The van der Waals surface area contributed by atoms with Crippen molar-refractivity contribution in [2.45, 2.75) is 25.3 Å². The molecule has 1 unspecified atom stereocenters. The van der Waals surface area contributed by atoms with Gasteiger partial charge in [0.1, 0.15) is 0 Å². The number of alkyl halides is 2. The van der Waals surface area contributed by atoms with Crippen molar-refractivity contribution in [3.8, 4) is 0 Å². The van der Waals surface area contributed by atoms with E-state index in [1.54, 1.807) is 0 Å². The second-order valence-corrected chi connectivity index (χ2v) is 2.55. The van der Waals surface area contributed by atoms with Gasteiger partial charge in [0.2, 0.25) is 0 Å². The van der Waals surface area contributed by atoms with Gasteiger partial charge in [-0.05, 0) is 13.3 Å². The number of rotatable bonds is 4. The molecule has 0 aliphatic heterocycles. The van der Waals surface area contributed by atoms with E-state index >= 15 is 0 Å². The summed E-state index contributed by atoms with van der Waals surface area (Å²) >= 11 is 0. The topological polar surface area (TPSA) is 35.2 Å². The summed E-state index contributed by atoms with van der Waals surface area (Å²) in [5, 5.41) is 0. The Labute approximate surface area is 59.3 Å². The van der Waals surface area contributed by atoms with E-state index in [1.165, 1.54) is 14.0 Å². The molecule has 0 aromatic rings. The molecule has 10 heavy (non-hydrogen) atoms. The SMILES string of the molecule is COCCC(C)(N)C(F)F. The molecule has 0 saturated carbocycles. The van der Waals surface area contributed by atoms with Gasteiger partial charge in [-0.3, -0.25) is 0 Å². The van der Waals surface area contributed by atoms with Crippen LogP contribution in [0.2, 0.25) is 0 Å². The minimum absolute atomic E-state index is 0.182. The number of methoxy groups -OCH3 is 1. The lowest BCUT2D eigenvalue weighted by Crippen LogP contribution is -2.44. The van der Waals surface area contributed by atoms with Crippen LogP contribution in [0.1, 0.15) is 13.3 Å². The second-order valence-electron chi connectivity index (χ2n) is 2.55. The van der Waals surface area contributed by atoms with Crippen LogP contribution in [0.4, 0.5) is 8.78 Å². The Morgan fingerprint density at radius 3 is 2.40 bits per heavy atom. The molecule has 0 aliphatic carbocycles. The summed E-state index contributed by atoms with van der Waals surface area (Å²) in [5.41, 5.74) is 3.81. The van der Waals surface area contributed by atoms with Crippen LogP contribution < -0.4 is 5.73 Å². The first-order valence-electron chi connectivity index (χ1n) is 3.06. The van der Waals surface area contributed by atoms with E-state index in [2.05, 4.69) is 4.74 Å². The van der Waals surface area contributed by atoms with Gasteiger partial charge in [0.15, 0.2) is 0 Å². The van der Waals surface area contributed by atoms with Gasteiger partial charge < -0.3 is 10.5 Å². The fourth-order valence-electron chi connectivity index (χ4n) is 0.431. The standard InChI is InChI=1S/C6H13F2NO/c1-6(9,5(7)8)3-4-10-2/h5H,3-4,9H2,1-2H3. The van der Waals surface area contributed by atoms with Crippen molar-refractivity contribution in [2.24, 2.45) is 5.73 Å². The molecule has 0 saturated heterocycles. The summed E-state index contributed by atoms with van der Waals surface area (Å²) in [7, 11) is 1.46. The van der Waals surface area contributed by atoms with Crippen LogP contribution in [0, 0.1) is 0 Å². The highest BCUT2D eigenvalue weighted by Gasteiger charge is 2.29. The third kappa shape index (κ3) is 3.08. The van der Waals surface area contributed by atoms with Crippen LogP contribution in [0.3, 0.4) is 0 Å². The molecule has 0 amide bonds. The maximum atomic E-state index is 12.0. The number of halogens is 2. The van der Waals surface area contributed by atoms with Crippen LogP contribution in [0.5, 0.6) is 0 Å². The minimum Gasteiger partial charge on any atom is -0.385 e. The van der Waals surface area contributed by atoms with Crippen LogP contribution in [-0.4, -0.2) is 25.7 Å². The van der Waals surface area contributed by atoms with Crippen molar-refractivity contribution in [1.82, 2.24) is 0 Å². The zero-order chi connectivity index (χ0) is 8.20. The normalized spacial score (nSPS) is 17.4. The molecule has 0 radical (unpaired) electrons. The average molecular weight is 153 g/mol. The molecule has 0 bridgehead atoms. The Balaban J connectivity index is 3.63. The van der Waals surface area contributed by atoms with E-state index in [9.17, 15) is 8.78 Å². The minimum atomic E-state index is -2.48. The van der Waals surface area contributed by atoms with Crippen LogP contribution in [0.25, 0.3) is 0 Å². The Bertz CT molecular complexity index is 95.7. The highest BCUT2D eigenvalue weighted by atomic mass is 19.3. The molecule has 4 heteroatoms. The fourth-order valence-corrected chi connectivity index (χ4v) is 0.431. The molecule has 0 aliphatic rings. The molecule has 2 N–H and O–H groups in total. The largest absolute Gasteiger partial charge is 0.385 e. The summed E-state index contributed by atoms with van der Waals surface area (Å²) in [5.74, 6) is 0. The smallest absolute Gasteiger partial charge is 0.256 e. The molecule has 0 aromatic carbocycles. The van der Waals surface area contributed by atoms with Crippen LogP contribution in [0.15, 0.2) is 0 Å².